The maximum absolute atomic E-state index is 5.64. The number of aryl methyl sites for hydroxylation is 2. The van der Waals surface area contributed by atoms with Crippen LogP contribution in [0.15, 0.2) is 66.9 Å². The molecule has 1 unspecified atom stereocenters. The first kappa shape index (κ1) is 17.9. The molecule has 4 rings (SSSR count). The Morgan fingerprint density at radius 3 is 2.48 bits per heavy atom. The third kappa shape index (κ3) is 3.93. The lowest BCUT2D eigenvalue weighted by molar-refractivity contribution is 0.220. The van der Waals surface area contributed by atoms with E-state index in [9.17, 15) is 0 Å². The molecular formula is C24H28N2O. The van der Waals surface area contributed by atoms with Crippen molar-refractivity contribution >= 4 is 0 Å². The Morgan fingerprint density at radius 2 is 1.74 bits per heavy atom. The molecule has 0 saturated heterocycles. The standard InChI is InChI=1S/C24H28N2O/c1-3-27-22-13-11-21(12-14-22)24-23-6-4-15-25(23)16-5-17-26(24)18-20-9-7-19(2)8-10-20/h4,6-15,24H,3,5,16-18H2,1-2H3. The molecule has 3 aromatic rings. The van der Waals surface area contributed by atoms with Crippen molar-refractivity contribution in [1.29, 1.82) is 0 Å². The lowest BCUT2D eigenvalue weighted by Crippen LogP contribution is -2.29. The SMILES string of the molecule is CCOc1ccc(C2c3cccn3CCCN2Cc2ccc(C)cc2)cc1. The summed E-state index contributed by atoms with van der Waals surface area (Å²) in [6.07, 6.45) is 3.38. The minimum atomic E-state index is 0.263. The zero-order valence-electron chi connectivity index (χ0n) is 16.3. The number of ether oxygens (including phenoxy) is 1. The van der Waals surface area contributed by atoms with Crippen molar-refractivity contribution in [3.8, 4) is 5.75 Å². The highest BCUT2D eigenvalue weighted by atomic mass is 16.5. The summed E-state index contributed by atoms with van der Waals surface area (Å²) < 4.78 is 8.06. The van der Waals surface area contributed by atoms with E-state index < -0.39 is 0 Å². The third-order valence-corrected chi connectivity index (χ3v) is 5.37. The van der Waals surface area contributed by atoms with Gasteiger partial charge in [-0.25, -0.2) is 0 Å². The summed E-state index contributed by atoms with van der Waals surface area (Å²) in [5.41, 5.74) is 5.39. The number of fused-ring (bicyclic) bond motifs is 1. The average molecular weight is 361 g/mol. The van der Waals surface area contributed by atoms with Gasteiger partial charge in [0.25, 0.3) is 0 Å². The van der Waals surface area contributed by atoms with E-state index in [-0.39, 0.29) is 6.04 Å². The second-order valence-corrected chi connectivity index (χ2v) is 7.34. The van der Waals surface area contributed by atoms with Crippen LogP contribution in [0.3, 0.4) is 0 Å². The third-order valence-electron chi connectivity index (χ3n) is 5.37. The molecule has 3 heteroatoms. The molecule has 0 aliphatic carbocycles. The number of nitrogens with zero attached hydrogens (tertiary/aromatic N) is 2. The van der Waals surface area contributed by atoms with Gasteiger partial charge in [0.1, 0.15) is 5.75 Å². The van der Waals surface area contributed by atoms with E-state index in [1.807, 2.05) is 6.92 Å². The first-order chi connectivity index (χ1) is 13.2. The first-order valence-electron chi connectivity index (χ1n) is 9.92. The largest absolute Gasteiger partial charge is 0.494 e. The highest BCUT2D eigenvalue weighted by Gasteiger charge is 2.27. The number of hydrogen-bond acceptors (Lipinski definition) is 2. The topological polar surface area (TPSA) is 17.4 Å². The van der Waals surface area contributed by atoms with Crippen molar-refractivity contribution in [2.75, 3.05) is 13.2 Å². The lowest BCUT2D eigenvalue weighted by Gasteiger charge is -2.31. The Labute approximate surface area is 162 Å². The van der Waals surface area contributed by atoms with Crippen LogP contribution in [0.4, 0.5) is 0 Å². The zero-order chi connectivity index (χ0) is 18.6. The molecule has 0 fully saturated rings. The molecule has 2 heterocycles. The van der Waals surface area contributed by atoms with Crippen LogP contribution >= 0.6 is 0 Å². The maximum atomic E-state index is 5.64. The van der Waals surface area contributed by atoms with Crippen molar-refractivity contribution in [3.05, 3.63) is 89.2 Å². The molecule has 1 aliphatic heterocycles. The normalized spacial score (nSPS) is 17.3. The highest BCUT2D eigenvalue weighted by molar-refractivity contribution is 5.35. The summed E-state index contributed by atoms with van der Waals surface area (Å²) >= 11 is 0. The average Bonchev–Trinajstić information content (AvgIpc) is 3.06. The Balaban J connectivity index is 1.68. The smallest absolute Gasteiger partial charge is 0.119 e. The van der Waals surface area contributed by atoms with Crippen LogP contribution in [-0.2, 0) is 13.1 Å². The van der Waals surface area contributed by atoms with E-state index in [1.165, 1.54) is 28.8 Å². The van der Waals surface area contributed by atoms with Crippen molar-refractivity contribution in [3.63, 3.8) is 0 Å². The highest BCUT2D eigenvalue weighted by Crippen LogP contribution is 2.33. The molecule has 0 bridgehead atoms. The lowest BCUT2D eigenvalue weighted by atomic mass is 10.0. The fourth-order valence-corrected chi connectivity index (χ4v) is 4.03. The molecule has 0 saturated carbocycles. The van der Waals surface area contributed by atoms with Gasteiger partial charge in [-0.05, 0) is 55.7 Å². The Kier molecular flexibility index (Phi) is 5.30. The molecule has 1 aliphatic rings. The molecule has 140 valence electrons. The Morgan fingerprint density at radius 1 is 0.963 bits per heavy atom. The summed E-state index contributed by atoms with van der Waals surface area (Å²) in [6, 6.07) is 22.3. The first-order valence-corrected chi connectivity index (χ1v) is 9.92. The van der Waals surface area contributed by atoms with E-state index in [4.69, 9.17) is 4.74 Å². The molecule has 1 aromatic heterocycles. The van der Waals surface area contributed by atoms with Gasteiger partial charge in [-0.2, -0.15) is 0 Å². The van der Waals surface area contributed by atoms with E-state index in [2.05, 4.69) is 83.3 Å². The van der Waals surface area contributed by atoms with E-state index >= 15 is 0 Å². The quantitative estimate of drug-likeness (QED) is 0.623. The van der Waals surface area contributed by atoms with E-state index in [1.54, 1.807) is 0 Å². The fourth-order valence-electron chi connectivity index (χ4n) is 4.03. The van der Waals surface area contributed by atoms with Crippen molar-refractivity contribution in [1.82, 2.24) is 9.47 Å². The van der Waals surface area contributed by atoms with E-state index in [0.29, 0.717) is 6.61 Å². The van der Waals surface area contributed by atoms with Crippen LogP contribution in [0.1, 0.15) is 41.8 Å². The minimum Gasteiger partial charge on any atom is -0.494 e. The maximum Gasteiger partial charge on any atom is 0.119 e. The van der Waals surface area contributed by atoms with Crippen LogP contribution in [-0.4, -0.2) is 22.6 Å². The predicted molar refractivity (Wildman–Crippen MR) is 110 cm³/mol. The minimum absolute atomic E-state index is 0.263. The van der Waals surface area contributed by atoms with Crippen LogP contribution < -0.4 is 4.74 Å². The molecule has 3 nitrogen and oxygen atoms in total. The zero-order valence-corrected chi connectivity index (χ0v) is 16.3. The molecular weight excluding hydrogens is 332 g/mol. The number of benzene rings is 2. The molecule has 1 atom stereocenters. The summed E-state index contributed by atoms with van der Waals surface area (Å²) in [5, 5.41) is 0. The number of aromatic nitrogens is 1. The molecule has 0 amide bonds. The van der Waals surface area contributed by atoms with E-state index in [0.717, 1.165) is 25.4 Å². The summed E-state index contributed by atoms with van der Waals surface area (Å²) in [7, 11) is 0. The van der Waals surface area contributed by atoms with Crippen LogP contribution in [0.25, 0.3) is 0 Å². The van der Waals surface area contributed by atoms with Crippen LogP contribution in [0.2, 0.25) is 0 Å². The van der Waals surface area contributed by atoms with Gasteiger partial charge in [0.2, 0.25) is 0 Å². The fraction of sp³-hybridized carbons (Fsp3) is 0.333. The Hall–Kier alpha value is -2.52. The van der Waals surface area contributed by atoms with Crippen molar-refractivity contribution in [2.45, 2.75) is 39.4 Å². The van der Waals surface area contributed by atoms with Gasteiger partial charge in [-0.3, -0.25) is 4.90 Å². The Bertz CT molecular complexity index is 864. The molecule has 2 aromatic carbocycles. The van der Waals surface area contributed by atoms with Gasteiger partial charge in [-0.1, -0.05) is 42.0 Å². The van der Waals surface area contributed by atoms with Crippen molar-refractivity contribution < 1.29 is 4.74 Å². The summed E-state index contributed by atoms with van der Waals surface area (Å²) in [5.74, 6) is 0.940. The number of rotatable bonds is 5. The second-order valence-electron chi connectivity index (χ2n) is 7.34. The monoisotopic (exact) mass is 360 g/mol. The number of hydrogen-bond donors (Lipinski definition) is 0. The van der Waals surface area contributed by atoms with Gasteiger partial charge in [0, 0.05) is 31.5 Å². The van der Waals surface area contributed by atoms with Gasteiger partial charge in [0.05, 0.1) is 12.6 Å². The molecule has 27 heavy (non-hydrogen) atoms. The molecule has 0 spiro atoms. The van der Waals surface area contributed by atoms with Gasteiger partial charge < -0.3 is 9.30 Å². The summed E-state index contributed by atoms with van der Waals surface area (Å²) in [6.45, 7) is 8.00. The van der Waals surface area contributed by atoms with Gasteiger partial charge >= 0.3 is 0 Å². The van der Waals surface area contributed by atoms with Gasteiger partial charge in [0.15, 0.2) is 0 Å². The summed E-state index contributed by atoms with van der Waals surface area (Å²) in [4.78, 5) is 2.61. The predicted octanol–water partition coefficient (Wildman–Crippen LogP) is 5.19. The molecule has 0 N–H and O–H groups in total. The van der Waals surface area contributed by atoms with Crippen LogP contribution in [0.5, 0.6) is 5.75 Å². The second kappa shape index (κ2) is 8.01. The van der Waals surface area contributed by atoms with Crippen molar-refractivity contribution in [2.24, 2.45) is 0 Å². The molecule has 0 radical (unpaired) electrons. The van der Waals surface area contributed by atoms with Crippen LogP contribution in [0, 0.1) is 6.92 Å². The van der Waals surface area contributed by atoms with Gasteiger partial charge in [-0.15, -0.1) is 0 Å².